The van der Waals surface area contributed by atoms with Crippen LogP contribution in [0, 0.1) is 0 Å². The van der Waals surface area contributed by atoms with Crippen LogP contribution >= 0.6 is 15.9 Å². The zero-order chi connectivity index (χ0) is 23.4. The zero-order valence-electron chi connectivity index (χ0n) is 18.7. The highest BCUT2D eigenvalue weighted by molar-refractivity contribution is 9.09. The molecular weight excluding hydrogens is 488 g/mol. The first-order chi connectivity index (χ1) is 16.0. The molecule has 2 aliphatic rings. The molecule has 1 N–H and O–H groups in total. The first-order valence-corrected chi connectivity index (χ1v) is 12.1. The van der Waals surface area contributed by atoms with Crippen molar-refractivity contribution in [3.63, 3.8) is 0 Å². The van der Waals surface area contributed by atoms with Crippen LogP contribution in [0.1, 0.15) is 41.6 Å². The Hall–Kier alpha value is -3.00. The van der Waals surface area contributed by atoms with E-state index < -0.39 is 6.04 Å². The first-order valence-electron chi connectivity index (χ1n) is 10.9. The standard InChI is InChI=1S/C25H27BrN2O5/c1-31-18-8-6-16(7-9-18)17-12-21-24(29)27-20-14-23(33-11-5-3-4-10-26)22(32-2)13-19(20)25(30)28(21)15-17/h6-9,13-15,21H,3-5,10-12H2,1-2H3,(H,27,29)/t21-/m0/s1. The van der Waals surface area contributed by atoms with Gasteiger partial charge in [0.25, 0.3) is 5.91 Å². The summed E-state index contributed by atoms with van der Waals surface area (Å²) in [7, 11) is 3.16. The predicted molar refractivity (Wildman–Crippen MR) is 130 cm³/mol. The van der Waals surface area contributed by atoms with E-state index in [4.69, 9.17) is 14.2 Å². The third kappa shape index (κ3) is 4.85. The second-order valence-corrected chi connectivity index (χ2v) is 8.74. The minimum Gasteiger partial charge on any atom is -0.497 e. The summed E-state index contributed by atoms with van der Waals surface area (Å²) in [5.74, 6) is 1.26. The summed E-state index contributed by atoms with van der Waals surface area (Å²) in [6.07, 6.45) is 5.24. The van der Waals surface area contributed by atoms with Crippen molar-refractivity contribution in [1.82, 2.24) is 4.90 Å². The van der Waals surface area contributed by atoms with Crippen LogP contribution in [0.5, 0.6) is 17.2 Å². The van der Waals surface area contributed by atoms with E-state index in [2.05, 4.69) is 21.2 Å². The number of carbonyl (C=O) groups excluding carboxylic acids is 2. The summed E-state index contributed by atoms with van der Waals surface area (Å²) in [4.78, 5) is 28.0. The average molecular weight is 515 g/mol. The Bertz CT molecular complexity index is 1070. The van der Waals surface area contributed by atoms with Gasteiger partial charge in [-0.3, -0.25) is 9.59 Å². The van der Waals surface area contributed by atoms with Gasteiger partial charge in [0.2, 0.25) is 5.91 Å². The number of benzene rings is 2. The van der Waals surface area contributed by atoms with Crippen molar-refractivity contribution in [3.05, 3.63) is 53.7 Å². The topological polar surface area (TPSA) is 77.1 Å². The van der Waals surface area contributed by atoms with E-state index >= 15 is 0 Å². The van der Waals surface area contributed by atoms with Crippen molar-refractivity contribution >= 4 is 39.0 Å². The van der Waals surface area contributed by atoms with Crippen LogP contribution in [-0.2, 0) is 4.79 Å². The SMILES string of the molecule is COc1ccc(C2=CN3C(=O)c4cc(OC)c(OCCCCCBr)cc4NC(=O)[C@@H]3C2)cc1. The van der Waals surface area contributed by atoms with Crippen LogP contribution in [-0.4, -0.2) is 48.9 Å². The molecule has 2 aliphatic heterocycles. The lowest BCUT2D eigenvalue weighted by Crippen LogP contribution is -2.38. The number of rotatable bonds is 9. The van der Waals surface area contributed by atoms with Gasteiger partial charge in [-0.1, -0.05) is 28.1 Å². The van der Waals surface area contributed by atoms with Crippen LogP contribution in [0.3, 0.4) is 0 Å². The normalized spacial score (nSPS) is 17.0. The van der Waals surface area contributed by atoms with Crippen molar-refractivity contribution < 1.29 is 23.8 Å². The van der Waals surface area contributed by atoms with Crippen LogP contribution in [0.2, 0.25) is 0 Å². The fraction of sp³-hybridized carbons (Fsp3) is 0.360. The van der Waals surface area contributed by atoms with Gasteiger partial charge in [-0.05, 0) is 48.6 Å². The molecule has 7 nitrogen and oxygen atoms in total. The van der Waals surface area contributed by atoms with Gasteiger partial charge in [0.1, 0.15) is 11.8 Å². The van der Waals surface area contributed by atoms with E-state index in [-0.39, 0.29) is 11.8 Å². The number of amides is 2. The number of anilines is 1. The number of unbranched alkanes of at least 4 members (excludes halogenated alkanes) is 2. The van der Waals surface area contributed by atoms with Crippen LogP contribution < -0.4 is 19.5 Å². The minimum atomic E-state index is -0.610. The Morgan fingerprint density at radius 1 is 1.03 bits per heavy atom. The smallest absolute Gasteiger partial charge is 0.260 e. The van der Waals surface area contributed by atoms with Gasteiger partial charge in [0.15, 0.2) is 11.5 Å². The Morgan fingerprint density at radius 2 is 1.82 bits per heavy atom. The predicted octanol–water partition coefficient (Wildman–Crippen LogP) is 4.86. The molecule has 0 aliphatic carbocycles. The highest BCUT2D eigenvalue weighted by atomic mass is 79.9. The van der Waals surface area contributed by atoms with E-state index in [9.17, 15) is 9.59 Å². The Balaban J connectivity index is 1.59. The van der Waals surface area contributed by atoms with Gasteiger partial charge in [-0.2, -0.15) is 0 Å². The van der Waals surface area contributed by atoms with E-state index in [1.807, 2.05) is 24.3 Å². The highest BCUT2D eigenvalue weighted by Crippen LogP contribution is 2.39. The molecule has 0 aromatic heterocycles. The number of nitrogens with one attached hydrogen (secondary N) is 1. The Kier molecular flexibility index (Phi) is 7.23. The summed E-state index contributed by atoms with van der Waals surface area (Å²) in [5.41, 5.74) is 2.69. The summed E-state index contributed by atoms with van der Waals surface area (Å²) in [5, 5.41) is 3.89. The first kappa shape index (κ1) is 23.2. The van der Waals surface area contributed by atoms with Crippen molar-refractivity contribution in [2.75, 3.05) is 31.5 Å². The van der Waals surface area contributed by atoms with Gasteiger partial charge < -0.3 is 24.4 Å². The number of hydrogen-bond acceptors (Lipinski definition) is 5. The number of alkyl halides is 1. The molecule has 0 spiro atoms. The molecule has 174 valence electrons. The van der Waals surface area contributed by atoms with Crippen LogP contribution in [0.4, 0.5) is 5.69 Å². The molecule has 2 aromatic rings. The van der Waals surface area contributed by atoms with Crippen molar-refractivity contribution in [3.8, 4) is 17.2 Å². The minimum absolute atomic E-state index is 0.227. The molecule has 0 saturated carbocycles. The third-order valence-electron chi connectivity index (χ3n) is 5.87. The van der Waals surface area contributed by atoms with E-state index in [1.165, 1.54) is 4.90 Å². The van der Waals surface area contributed by atoms with Gasteiger partial charge in [0, 0.05) is 24.0 Å². The average Bonchev–Trinajstić information content (AvgIpc) is 3.26. The maximum atomic E-state index is 13.4. The van der Waals surface area contributed by atoms with E-state index in [0.717, 1.165) is 41.5 Å². The molecule has 0 saturated heterocycles. The van der Waals surface area contributed by atoms with Crippen LogP contribution in [0.25, 0.3) is 5.57 Å². The lowest BCUT2D eigenvalue weighted by Gasteiger charge is -2.18. The molecule has 0 fully saturated rings. The number of methoxy groups -OCH3 is 2. The second kappa shape index (κ2) is 10.3. The molecule has 2 heterocycles. The van der Waals surface area contributed by atoms with Gasteiger partial charge >= 0.3 is 0 Å². The Labute approximate surface area is 201 Å². The molecule has 0 bridgehead atoms. The molecule has 0 unspecified atom stereocenters. The van der Waals surface area contributed by atoms with Crippen molar-refractivity contribution in [1.29, 1.82) is 0 Å². The molecular formula is C25H27BrN2O5. The maximum Gasteiger partial charge on any atom is 0.260 e. The molecule has 4 rings (SSSR count). The van der Waals surface area contributed by atoms with Gasteiger partial charge in [-0.25, -0.2) is 0 Å². The maximum absolute atomic E-state index is 13.4. The number of hydrogen-bond donors (Lipinski definition) is 1. The molecule has 0 radical (unpaired) electrons. The molecule has 2 aromatic carbocycles. The van der Waals surface area contributed by atoms with Gasteiger partial charge in [-0.15, -0.1) is 0 Å². The molecule has 33 heavy (non-hydrogen) atoms. The number of carbonyl (C=O) groups is 2. The molecule has 8 heteroatoms. The van der Waals surface area contributed by atoms with E-state index in [1.54, 1.807) is 32.6 Å². The summed E-state index contributed by atoms with van der Waals surface area (Å²) in [6.45, 7) is 0.534. The monoisotopic (exact) mass is 514 g/mol. The number of ether oxygens (including phenoxy) is 3. The lowest BCUT2D eigenvalue weighted by molar-refractivity contribution is -0.119. The second-order valence-electron chi connectivity index (χ2n) is 7.95. The van der Waals surface area contributed by atoms with Crippen LogP contribution in [0.15, 0.2) is 42.6 Å². The fourth-order valence-corrected chi connectivity index (χ4v) is 4.45. The quantitative estimate of drug-likeness (QED) is 0.382. The summed E-state index contributed by atoms with van der Waals surface area (Å²) >= 11 is 3.43. The summed E-state index contributed by atoms with van der Waals surface area (Å²) < 4.78 is 16.6. The van der Waals surface area contributed by atoms with Crippen molar-refractivity contribution in [2.45, 2.75) is 31.7 Å². The molecule has 2 amide bonds. The van der Waals surface area contributed by atoms with E-state index in [0.29, 0.717) is 35.8 Å². The highest BCUT2D eigenvalue weighted by Gasteiger charge is 2.39. The van der Waals surface area contributed by atoms with Crippen molar-refractivity contribution in [2.24, 2.45) is 0 Å². The zero-order valence-corrected chi connectivity index (χ0v) is 20.3. The third-order valence-corrected chi connectivity index (χ3v) is 6.43. The number of halogens is 1. The van der Waals surface area contributed by atoms with Gasteiger partial charge in [0.05, 0.1) is 32.1 Å². The fourth-order valence-electron chi connectivity index (χ4n) is 4.06. The lowest BCUT2D eigenvalue weighted by atomic mass is 10.0. The largest absolute Gasteiger partial charge is 0.497 e. The summed E-state index contributed by atoms with van der Waals surface area (Å²) in [6, 6.07) is 10.3. The Morgan fingerprint density at radius 3 is 2.52 bits per heavy atom. The number of nitrogens with zero attached hydrogens (tertiary/aromatic N) is 1. The molecule has 1 atom stereocenters. The number of fused-ring (bicyclic) bond motifs is 2.